The second kappa shape index (κ2) is 5.63. The van der Waals surface area contributed by atoms with Crippen molar-refractivity contribution in [2.45, 2.75) is 19.0 Å². The van der Waals surface area contributed by atoms with E-state index < -0.39 is 0 Å². The highest BCUT2D eigenvalue weighted by Crippen LogP contribution is 2.29. The number of para-hydroxylation sites is 2. The molecule has 1 amide bonds. The van der Waals surface area contributed by atoms with Crippen molar-refractivity contribution in [3.8, 4) is 11.6 Å². The number of carbonyl (C=O) groups excluding carboxylic acids is 1. The van der Waals surface area contributed by atoms with Gasteiger partial charge in [-0.15, -0.1) is 6.58 Å². The van der Waals surface area contributed by atoms with Gasteiger partial charge < -0.3 is 14.0 Å². The molecule has 1 aromatic carbocycles. The number of likely N-dealkylation sites (tertiary alicyclic amines) is 1. The van der Waals surface area contributed by atoms with E-state index in [-0.39, 0.29) is 11.9 Å². The molecule has 122 valence electrons. The summed E-state index contributed by atoms with van der Waals surface area (Å²) in [6, 6.07) is 7.79. The van der Waals surface area contributed by atoms with Crippen molar-refractivity contribution in [3.05, 3.63) is 49.3 Å². The minimum Gasteiger partial charge on any atom is -0.344 e. The Labute approximate surface area is 140 Å². The molecule has 24 heavy (non-hydrogen) atoms. The third-order valence-corrected chi connectivity index (χ3v) is 4.57. The Morgan fingerprint density at radius 1 is 1.33 bits per heavy atom. The Morgan fingerprint density at radius 3 is 2.92 bits per heavy atom. The van der Waals surface area contributed by atoms with Crippen LogP contribution in [0.15, 0.2) is 49.3 Å². The molecule has 1 saturated heterocycles. The van der Waals surface area contributed by atoms with Gasteiger partial charge in [-0.05, 0) is 18.6 Å². The first-order chi connectivity index (χ1) is 11.7. The van der Waals surface area contributed by atoms with Crippen molar-refractivity contribution >= 4 is 16.9 Å². The van der Waals surface area contributed by atoms with E-state index in [1.165, 1.54) is 0 Å². The van der Waals surface area contributed by atoms with Crippen molar-refractivity contribution in [3.63, 3.8) is 0 Å². The van der Waals surface area contributed by atoms with Gasteiger partial charge in [0, 0.05) is 32.5 Å². The standard InChI is InChI=1S/C18H19N5O/c1-3-10-22-14-7-5-4-6-13(14)20-17(22)16-19-9-12-23(16)15-8-11-21(2)18(15)24/h3-7,9,12,15H,1,8,10-11H2,2H3. The Kier molecular flexibility index (Phi) is 3.45. The van der Waals surface area contributed by atoms with E-state index in [9.17, 15) is 4.79 Å². The van der Waals surface area contributed by atoms with E-state index >= 15 is 0 Å². The number of rotatable bonds is 4. The van der Waals surface area contributed by atoms with Crippen molar-refractivity contribution < 1.29 is 4.79 Å². The molecule has 4 rings (SSSR count). The van der Waals surface area contributed by atoms with Crippen molar-refractivity contribution in [2.24, 2.45) is 0 Å². The topological polar surface area (TPSA) is 56.0 Å². The smallest absolute Gasteiger partial charge is 0.245 e. The molecule has 3 heterocycles. The van der Waals surface area contributed by atoms with Crippen LogP contribution in [-0.2, 0) is 11.3 Å². The molecule has 1 unspecified atom stereocenters. The first kappa shape index (κ1) is 14.7. The molecule has 0 bridgehead atoms. The first-order valence-corrected chi connectivity index (χ1v) is 8.05. The predicted molar refractivity (Wildman–Crippen MR) is 92.4 cm³/mol. The largest absolute Gasteiger partial charge is 0.344 e. The van der Waals surface area contributed by atoms with E-state index in [4.69, 9.17) is 4.98 Å². The van der Waals surface area contributed by atoms with Gasteiger partial charge in [0.1, 0.15) is 6.04 Å². The average Bonchev–Trinajstić information content (AvgIpc) is 3.27. The number of amides is 1. The number of hydrogen-bond acceptors (Lipinski definition) is 3. The van der Waals surface area contributed by atoms with Gasteiger partial charge in [0.2, 0.25) is 5.91 Å². The lowest BCUT2D eigenvalue weighted by Crippen LogP contribution is -2.24. The minimum absolute atomic E-state index is 0.126. The van der Waals surface area contributed by atoms with Crippen LogP contribution in [0.25, 0.3) is 22.7 Å². The molecule has 0 radical (unpaired) electrons. The zero-order valence-electron chi connectivity index (χ0n) is 13.6. The van der Waals surface area contributed by atoms with Crippen LogP contribution in [0.1, 0.15) is 12.5 Å². The number of allylic oxidation sites excluding steroid dienone is 1. The van der Waals surface area contributed by atoms with Crippen molar-refractivity contribution in [2.75, 3.05) is 13.6 Å². The highest BCUT2D eigenvalue weighted by atomic mass is 16.2. The van der Waals surface area contributed by atoms with E-state index in [1.807, 2.05) is 48.2 Å². The maximum atomic E-state index is 12.4. The summed E-state index contributed by atoms with van der Waals surface area (Å²) < 4.78 is 4.04. The summed E-state index contributed by atoms with van der Waals surface area (Å²) in [5.41, 5.74) is 1.95. The number of imidazole rings is 2. The minimum atomic E-state index is -0.204. The summed E-state index contributed by atoms with van der Waals surface area (Å²) in [5, 5.41) is 0. The van der Waals surface area contributed by atoms with Crippen LogP contribution in [0.4, 0.5) is 0 Å². The molecule has 1 fully saturated rings. The lowest BCUT2D eigenvalue weighted by molar-refractivity contribution is -0.129. The van der Waals surface area contributed by atoms with E-state index in [1.54, 1.807) is 11.1 Å². The Balaban J connectivity index is 1.87. The maximum absolute atomic E-state index is 12.4. The molecule has 0 N–H and O–H groups in total. The summed E-state index contributed by atoms with van der Waals surface area (Å²) in [5.74, 6) is 1.62. The van der Waals surface area contributed by atoms with Gasteiger partial charge in [-0.3, -0.25) is 4.79 Å². The molecule has 6 heteroatoms. The summed E-state index contributed by atoms with van der Waals surface area (Å²) in [6.45, 7) is 5.26. The lowest BCUT2D eigenvalue weighted by Gasteiger charge is -2.15. The Morgan fingerprint density at radius 2 is 2.17 bits per heavy atom. The van der Waals surface area contributed by atoms with Crippen LogP contribution in [0.3, 0.4) is 0 Å². The SMILES string of the molecule is C=CCn1c(-c2nccn2C2CCN(C)C2=O)nc2ccccc21. The van der Waals surface area contributed by atoms with Gasteiger partial charge in [0.25, 0.3) is 0 Å². The van der Waals surface area contributed by atoms with E-state index in [0.717, 1.165) is 35.6 Å². The zero-order valence-corrected chi connectivity index (χ0v) is 13.6. The molecule has 6 nitrogen and oxygen atoms in total. The highest BCUT2D eigenvalue weighted by Gasteiger charge is 2.32. The molecule has 3 aromatic rings. The number of aromatic nitrogens is 4. The summed E-state index contributed by atoms with van der Waals surface area (Å²) in [4.78, 5) is 23.4. The average molecular weight is 321 g/mol. The first-order valence-electron chi connectivity index (χ1n) is 8.05. The zero-order chi connectivity index (χ0) is 16.7. The fourth-order valence-electron chi connectivity index (χ4n) is 3.36. The number of hydrogen-bond donors (Lipinski definition) is 0. The lowest BCUT2D eigenvalue weighted by atomic mass is 10.2. The molecule has 1 aliphatic heterocycles. The third-order valence-electron chi connectivity index (χ3n) is 4.57. The Hall–Kier alpha value is -2.89. The Bertz CT molecular complexity index is 923. The normalized spacial score (nSPS) is 17.8. The van der Waals surface area contributed by atoms with Gasteiger partial charge in [-0.25, -0.2) is 9.97 Å². The number of likely N-dealkylation sites (N-methyl/N-ethyl adjacent to an activating group) is 1. The van der Waals surface area contributed by atoms with Crippen LogP contribution in [0.5, 0.6) is 0 Å². The monoisotopic (exact) mass is 321 g/mol. The fourth-order valence-corrected chi connectivity index (χ4v) is 3.36. The third kappa shape index (κ3) is 2.14. The van der Waals surface area contributed by atoms with Crippen LogP contribution in [-0.4, -0.2) is 43.5 Å². The molecular formula is C18H19N5O. The van der Waals surface area contributed by atoms with Crippen molar-refractivity contribution in [1.82, 2.24) is 24.0 Å². The summed E-state index contributed by atoms with van der Waals surface area (Å²) in [7, 11) is 1.84. The quantitative estimate of drug-likeness (QED) is 0.694. The fraction of sp³-hybridized carbons (Fsp3) is 0.278. The molecule has 0 spiro atoms. The van der Waals surface area contributed by atoms with Crippen LogP contribution in [0, 0.1) is 0 Å². The number of fused-ring (bicyclic) bond motifs is 1. The molecule has 1 atom stereocenters. The summed E-state index contributed by atoms with van der Waals surface area (Å²) >= 11 is 0. The maximum Gasteiger partial charge on any atom is 0.245 e. The second-order valence-corrected chi connectivity index (χ2v) is 6.05. The van der Waals surface area contributed by atoms with Gasteiger partial charge in [0.05, 0.1) is 11.0 Å². The summed E-state index contributed by atoms with van der Waals surface area (Å²) in [6.07, 6.45) is 6.24. The highest BCUT2D eigenvalue weighted by molar-refractivity contribution is 5.83. The van der Waals surface area contributed by atoms with Crippen LogP contribution in [0.2, 0.25) is 0 Å². The second-order valence-electron chi connectivity index (χ2n) is 6.05. The number of carbonyl (C=O) groups is 1. The molecular weight excluding hydrogens is 302 g/mol. The molecule has 0 saturated carbocycles. The number of nitrogens with zero attached hydrogens (tertiary/aromatic N) is 5. The molecule has 2 aromatic heterocycles. The molecule has 0 aliphatic carbocycles. The van der Waals surface area contributed by atoms with Gasteiger partial charge in [0.15, 0.2) is 11.6 Å². The van der Waals surface area contributed by atoms with Crippen LogP contribution >= 0.6 is 0 Å². The van der Waals surface area contributed by atoms with E-state index in [0.29, 0.717) is 6.54 Å². The predicted octanol–water partition coefficient (Wildman–Crippen LogP) is 2.49. The van der Waals surface area contributed by atoms with E-state index in [2.05, 4.69) is 16.1 Å². The molecule has 1 aliphatic rings. The van der Waals surface area contributed by atoms with Gasteiger partial charge >= 0.3 is 0 Å². The van der Waals surface area contributed by atoms with Crippen LogP contribution < -0.4 is 0 Å². The van der Waals surface area contributed by atoms with Crippen molar-refractivity contribution in [1.29, 1.82) is 0 Å². The van der Waals surface area contributed by atoms with Gasteiger partial charge in [-0.2, -0.15) is 0 Å². The number of benzene rings is 1. The van der Waals surface area contributed by atoms with Gasteiger partial charge in [-0.1, -0.05) is 18.2 Å².